The molecule has 0 aromatic heterocycles. The summed E-state index contributed by atoms with van der Waals surface area (Å²) in [6, 6.07) is 12.5. The molecule has 0 aliphatic carbocycles. The fraction of sp³-hybridized carbons (Fsp3) is 0.417. The van der Waals surface area contributed by atoms with Gasteiger partial charge in [-0.25, -0.2) is 0 Å². The van der Waals surface area contributed by atoms with E-state index < -0.39 is 0 Å². The third-order valence-electron chi connectivity index (χ3n) is 5.81. The Bertz CT molecular complexity index is 917. The highest BCUT2D eigenvalue weighted by Crippen LogP contribution is 2.28. The van der Waals surface area contributed by atoms with E-state index in [-0.39, 0.29) is 17.9 Å². The van der Waals surface area contributed by atoms with Crippen molar-refractivity contribution in [2.24, 2.45) is 0 Å². The Labute approximate surface area is 182 Å². The van der Waals surface area contributed by atoms with Crippen LogP contribution in [0.25, 0.3) is 0 Å². The number of nitrogens with one attached hydrogen (secondary N) is 2. The van der Waals surface area contributed by atoms with Crippen molar-refractivity contribution in [1.29, 1.82) is 0 Å². The predicted molar refractivity (Wildman–Crippen MR) is 120 cm³/mol. The van der Waals surface area contributed by atoms with Crippen LogP contribution < -0.4 is 20.3 Å². The molecule has 2 amide bonds. The molecule has 164 valence electrons. The average Bonchev–Trinajstić information content (AvgIpc) is 3.52. The number of rotatable bonds is 7. The molecule has 31 heavy (non-hydrogen) atoms. The average molecular weight is 424 g/mol. The van der Waals surface area contributed by atoms with Gasteiger partial charge in [0, 0.05) is 43.2 Å². The van der Waals surface area contributed by atoms with Crippen molar-refractivity contribution in [2.75, 3.05) is 43.6 Å². The Morgan fingerprint density at radius 3 is 2.52 bits per heavy atom. The van der Waals surface area contributed by atoms with Gasteiger partial charge in [0.25, 0.3) is 11.8 Å². The van der Waals surface area contributed by atoms with Crippen LogP contribution in [0, 0.1) is 0 Å². The molecule has 7 heteroatoms. The Balaban J connectivity index is 1.51. The van der Waals surface area contributed by atoms with E-state index in [9.17, 15) is 9.59 Å². The molecule has 2 aromatic rings. The predicted octanol–water partition coefficient (Wildman–Crippen LogP) is 3.46. The van der Waals surface area contributed by atoms with Crippen molar-refractivity contribution in [2.45, 2.75) is 31.8 Å². The molecule has 2 N–H and O–H groups in total. The molecule has 1 atom stereocenters. The molecule has 0 spiro atoms. The molecule has 2 saturated heterocycles. The molecule has 2 fully saturated rings. The summed E-state index contributed by atoms with van der Waals surface area (Å²) in [6.45, 7) is 3.13. The number of carbonyl (C=O) groups excluding carboxylic acids is 2. The smallest absolute Gasteiger partial charge is 0.255 e. The van der Waals surface area contributed by atoms with Gasteiger partial charge in [-0.15, -0.1) is 0 Å². The van der Waals surface area contributed by atoms with E-state index in [1.165, 1.54) is 0 Å². The number of carbonyl (C=O) groups is 2. The lowest BCUT2D eigenvalue weighted by Gasteiger charge is -2.22. The van der Waals surface area contributed by atoms with Crippen molar-refractivity contribution in [1.82, 2.24) is 5.32 Å². The van der Waals surface area contributed by atoms with Gasteiger partial charge >= 0.3 is 0 Å². The van der Waals surface area contributed by atoms with Crippen LogP contribution in [0.5, 0.6) is 5.75 Å². The van der Waals surface area contributed by atoms with Gasteiger partial charge in [-0.05, 0) is 68.1 Å². The summed E-state index contributed by atoms with van der Waals surface area (Å²) in [5.74, 6) is 0.317. The van der Waals surface area contributed by atoms with E-state index >= 15 is 0 Å². The first-order valence-electron chi connectivity index (χ1n) is 10.9. The van der Waals surface area contributed by atoms with Gasteiger partial charge in [-0.3, -0.25) is 9.59 Å². The highest BCUT2D eigenvalue weighted by molar-refractivity contribution is 6.06. The maximum Gasteiger partial charge on any atom is 0.255 e. The summed E-state index contributed by atoms with van der Waals surface area (Å²) in [5.41, 5.74) is 2.59. The number of amides is 2. The second-order valence-corrected chi connectivity index (χ2v) is 7.95. The molecule has 2 aliphatic rings. The maximum absolute atomic E-state index is 13.0. The van der Waals surface area contributed by atoms with Crippen molar-refractivity contribution < 1.29 is 19.1 Å². The van der Waals surface area contributed by atoms with Crippen LogP contribution in [0.1, 0.15) is 46.4 Å². The van der Waals surface area contributed by atoms with E-state index in [1.807, 2.05) is 12.1 Å². The van der Waals surface area contributed by atoms with Crippen molar-refractivity contribution in [3.05, 3.63) is 53.6 Å². The number of nitrogens with zero attached hydrogens (tertiary/aromatic N) is 1. The van der Waals surface area contributed by atoms with Crippen LogP contribution in [0.4, 0.5) is 11.4 Å². The standard InChI is InChI=1S/C24H29N3O4/c1-30-19-9-6-17(7-10-19)23(28)26-18-8-11-22(27-12-2-3-13-27)21(15-18)24(29)25-16-20-5-4-14-31-20/h6-11,15,20H,2-5,12-14,16H2,1H3,(H,25,29)(H,26,28)/t20-/m1/s1. The lowest BCUT2D eigenvalue weighted by molar-refractivity contribution is 0.0858. The number of hydrogen-bond acceptors (Lipinski definition) is 5. The third kappa shape index (κ3) is 5.17. The van der Waals surface area contributed by atoms with E-state index in [2.05, 4.69) is 15.5 Å². The highest BCUT2D eigenvalue weighted by Gasteiger charge is 2.22. The van der Waals surface area contributed by atoms with Gasteiger partial charge in [0.15, 0.2) is 0 Å². The molecule has 0 radical (unpaired) electrons. The zero-order valence-electron chi connectivity index (χ0n) is 17.9. The number of ether oxygens (including phenoxy) is 2. The van der Waals surface area contributed by atoms with Crippen LogP contribution in [-0.2, 0) is 4.74 Å². The highest BCUT2D eigenvalue weighted by atomic mass is 16.5. The van der Waals surface area contributed by atoms with Gasteiger partial charge in [0.2, 0.25) is 0 Å². The lowest BCUT2D eigenvalue weighted by atomic mass is 10.1. The summed E-state index contributed by atoms with van der Waals surface area (Å²) in [4.78, 5) is 27.9. The Hall–Kier alpha value is -3.06. The summed E-state index contributed by atoms with van der Waals surface area (Å²) in [5, 5.41) is 5.92. The van der Waals surface area contributed by atoms with Gasteiger partial charge in [-0.2, -0.15) is 0 Å². The largest absolute Gasteiger partial charge is 0.497 e. The first-order chi connectivity index (χ1) is 15.1. The molecule has 0 unspecified atom stereocenters. The summed E-state index contributed by atoms with van der Waals surface area (Å²) >= 11 is 0. The van der Waals surface area contributed by atoms with E-state index in [4.69, 9.17) is 9.47 Å². The Morgan fingerprint density at radius 2 is 1.84 bits per heavy atom. The minimum Gasteiger partial charge on any atom is -0.497 e. The normalized spacial score (nSPS) is 18.1. The third-order valence-corrected chi connectivity index (χ3v) is 5.81. The molecule has 0 saturated carbocycles. The molecule has 2 aromatic carbocycles. The number of hydrogen-bond donors (Lipinski definition) is 2. The lowest BCUT2D eigenvalue weighted by Crippen LogP contribution is -2.33. The molecular weight excluding hydrogens is 394 g/mol. The fourth-order valence-corrected chi connectivity index (χ4v) is 4.08. The van der Waals surface area contributed by atoms with Crippen LogP contribution in [0.15, 0.2) is 42.5 Å². The molecular formula is C24H29N3O4. The molecule has 4 rings (SSSR count). The Kier molecular flexibility index (Phi) is 6.72. The monoisotopic (exact) mass is 423 g/mol. The van der Waals surface area contributed by atoms with Gasteiger partial charge < -0.3 is 25.0 Å². The second-order valence-electron chi connectivity index (χ2n) is 7.95. The topological polar surface area (TPSA) is 79.9 Å². The van der Waals surface area contributed by atoms with E-state index in [0.29, 0.717) is 29.1 Å². The van der Waals surface area contributed by atoms with Crippen molar-refractivity contribution >= 4 is 23.2 Å². The SMILES string of the molecule is COc1ccc(C(=O)Nc2ccc(N3CCCC3)c(C(=O)NC[C@H]3CCCO3)c2)cc1. The van der Waals surface area contributed by atoms with E-state index in [1.54, 1.807) is 37.4 Å². The Morgan fingerprint density at radius 1 is 1.06 bits per heavy atom. The zero-order chi connectivity index (χ0) is 21.6. The van der Waals surface area contributed by atoms with Crippen molar-refractivity contribution in [3.8, 4) is 5.75 Å². The summed E-state index contributed by atoms with van der Waals surface area (Å²) in [6.07, 6.45) is 4.32. The number of benzene rings is 2. The summed E-state index contributed by atoms with van der Waals surface area (Å²) in [7, 11) is 1.59. The second kappa shape index (κ2) is 9.83. The minimum atomic E-state index is -0.234. The summed E-state index contributed by atoms with van der Waals surface area (Å²) < 4.78 is 10.8. The molecule has 0 bridgehead atoms. The number of anilines is 2. The first-order valence-corrected chi connectivity index (χ1v) is 10.9. The van der Waals surface area contributed by atoms with Crippen LogP contribution in [0.3, 0.4) is 0 Å². The quantitative estimate of drug-likeness (QED) is 0.713. The van der Waals surface area contributed by atoms with E-state index in [0.717, 1.165) is 51.1 Å². The van der Waals surface area contributed by atoms with Crippen LogP contribution in [0.2, 0.25) is 0 Å². The fourth-order valence-electron chi connectivity index (χ4n) is 4.08. The van der Waals surface area contributed by atoms with Crippen molar-refractivity contribution in [3.63, 3.8) is 0 Å². The maximum atomic E-state index is 13.0. The zero-order valence-corrected chi connectivity index (χ0v) is 17.9. The van der Waals surface area contributed by atoms with Crippen LogP contribution >= 0.6 is 0 Å². The molecule has 2 aliphatic heterocycles. The molecule has 2 heterocycles. The number of methoxy groups -OCH3 is 1. The first kappa shape index (κ1) is 21.2. The van der Waals surface area contributed by atoms with Gasteiger partial charge in [0.1, 0.15) is 5.75 Å². The van der Waals surface area contributed by atoms with Gasteiger partial charge in [-0.1, -0.05) is 0 Å². The van der Waals surface area contributed by atoms with Crippen LogP contribution in [-0.4, -0.2) is 51.3 Å². The minimum absolute atomic E-state index is 0.0807. The van der Waals surface area contributed by atoms with Gasteiger partial charge in [0.05, 0.1) is 18.8 Å². The molecule has 7 nitrogen and oxygen atoms in total.